The summed E-state index contributed by atoms with van der Waals surface area (Å²) in [5, 5.41) is 9.84. The van der Waals surface area contributed by atoms with Gasteiger partial charge in [0.2, 0.25) is 5.91 Å². The zero-order valence-electron chi connectivity index (χ0n) is 16.0. The van der Waals surface area contributed by atoms with Crippen LogP contribution >= 0.6 is 24.0 Å². The van der Waals surface area contributed by atoms with Crippen molar-refractivity contribution < 1.29 is 4.79 Å². The first-order chi connectivity index (χ1) is 12.2. The lowest BCUT2D eigenvalue weighted by Crippen LogP contribution is -2.44. The smallest absolute Gasteiger partial charge is 0.224 e. The molecule has 146 valence electrons. The predicted molar refractivity (Wildman–Crippen MR) is 120 cm³/mol. The fourth-order valence-corrected chi connectivity index (χ4v) is 3.13. The third-order valence-corrected chi connectivity index (χ3v) is 4.40. The highest BCUT2D eigenvalue weighted by Gasteiger charge is 2.14. The molecule has 26 heavy (non-hydrogen) atoms. The van der Waals surface area contributed by atoms with Crippen molar-refractivity contribution in [3.8, 4) is 0 Å². The van der Waals surface area contributed by atoms with E-state index in [0.29, 0.717) is 19.0 Å². The summed E-state index contributed by atoms with van der Waals surface area (Å²) < 4.78 is 0. The van der Waals surface area contributed by atoms with Gasteiger partial charge in [0, 0.05) is 24.7 Å². The van der Waals surface area contributed by atoms with Gasteiger partial charge in [0.05, 0.1) is 6.54 Å². The summed E-state index contributed by atoms with van der Waals surface area (Å²) in [6.07, 6.45) is 7.81. The van der Waals surface area contributed by atoms with Crippen molar-refractivity contribution in [2.24, 2.45) is 4.99 Å². The number of carbonyl (C=O) groups is 1. The molecule has 0 heterocycles. The van der Waals surface area contributed by atoms with Gasteiger partial charge < -0.3 is 16.0 Å². The first-order valence-corrected chi connectivity index (χ1v) is 9.65. The second-order valence-electron chi connectivity index (χ2n) is 6.67. The van der Waals surface area contributed by atoms with Gasteiger partial charge in [0.1, 0.15) is 0 Å². The zero-order chi connectivity index (χ0) is 17.9. The fourth-order valence-electron chi connectivity index (χ4n) is 3.13. The van der Waals surface area contributed by atoms with Crippen LogP contribution < -0.4 is 16.0 Å². The molecule has 5 nitrogen and oxygen atoms in total. The molecule has 0 aliphatic heterocycles. The van der Waals surface area contributed by atoms with E-state index < -0.39 is 0 Å². The highest BCUT2D eigenvalue weighted by Crippen LogP contribution is 2.17. The van der Waals surface area contributed by atoms with Crippen LogP contribution in [0.25, 0.3) is 0 Å². The summed E-state index contributed by atoms with van der Waals surface area (Å²) >= 11 is 0. The van der Waals surface area contributed by atoms with Crippen molar-refractivity contribution in [3.05, 3.63) is 29.8 Å². The lowest BCUT2D eigenvalue weighted by Gasteiger charge is -2.24. The minimum atomic E-state index is 0. The normalized spacial score (nSPS) is 15.1. The Hall–Kier alpha value is -1.31. The van der Waals surface area contributed by atoms with E-state index in [1.165, 1.54) is 32.1 Å². The monoisotopic (exact) mass is 472 g/mol. The third-order valence-electron chi connectivity index (χ3n) is 4.40. The number of nitrogens with zero attached hydrogens (tertiary/aromatic N) is 1. The first kappa shape index (κ1) is 22.7. The summed E-state index contributed by atoms with van der Waals surface area (Å²) in [5.41, 5.74) is 1.94. The Morgan fingerprint density at radius 2 is 1.96 bits per heavy atom. The molecule has 3 N–H and O–H groups in total. The van der Waals surface area contributed by atoms with Gasteiger partial charge >= 0.3 is 0 Å². The van der Waals surface area contributed by atoms with Crippen molar-refractivity contribution in [1.82, 2.24) is 10.6 Å². The van der Waals surface area contributed by atoms with E-state index in [2.05, 4.69) is 22.9 Å². The lowest BCUT2D eigenvalue weighted by atomic mass is 9.96. The van der Waals surface area contributed by atoms with Crippen LogP contribution in [0, 0.1) is 0 Å². The fraction of sp³-hybridized carbons (Fsp3) is 0.600. The van der Waals surface area contributed by atoms with Gasteiger partial charge in [-0.05, 0) is 43.9 Å². The van der Waals surface area contributed by atoms with Crippen molar-refractivity contribution in [1.29, 1.82) is 0 Å². The summed E-state index contributed by atoms with van der Waals surface area (Å²) in [7, 11) is 0. The standard InChI is InChI=1S/C20H32N4O.HI/c1-3-9-19(25)23-18-13-8-10-16(14-18)15-22-20(21-4-2)24-17-11-6-5-7-12-17;/h8,10,13-14,17H,3-7,9,11-12,15H2,1-2H3,(H,23,25)(H2,21,22,24);1H. The average Bonchev–Trinajstić information content (AvgIpc) is 2.61. The highest BCUT2D eigenvalue weighted by atomic mass is 127. The van der Waals surface area contributed by atoms with Crippen LogP contribution in [0.1, 0.15) is 64.4 Å². The van der Waals surface area contributed by atoms with Gasteiger partial charge in [-0.3, -0.25) is 4.79 Å². The van der Waals surface area contributed by atoms with E-state index in [1.807, 2.05) is 31.2 Å². The SMILES string of the molecule is CCCC(=O)Nc1cccc(CN=C(NCC)NC2CCCCC2)c1.I. The van der Waals surface area contributed by atoms with Gasteiger partial charge in [-0.2, -0.15) is 0 Å². The van der Waals surface area contributed by atoms with E-state index >= 15 is 0 Å². The molecule has 0 atom stereocenters. The summed E-state index contributed by atoms with van der Waals surface area (Å²) in [5.74, 6) is 0.949. The second-order valence-corrected chi connectivity index (χ2v) is 6.67. The quantitative estimate of drug-likeness (QED) is 0.313. The molecule has 0 unspecified atom stereocenters. The lowest BCUT2D eigenvalue weighted by molar-refractivity contribution is -0.116. The van der Waals surface area contributed by atoms with E-state index in [1.54, 1.807) is 0 Å². The molecule has 0 aromatic heterocycles. The Morgan fingerprint density at radius 3 is 2.65 bits per heavy atom. The summed E-state index contributed by atoms with van der Waals surface area (Å²) in [4.78, 5) is 16.5. The number of amides is 1. The molecule has 1 amide bonds. The number of guanidine groups is 1. The molecule has 1 saturated carbocycles. The summed E-state index contributed by atoms with van der Waals surface area (Å²) in [6, 6.07) is 8.47. The van der Waals surface area contributed by atoms with Crippen LogP contribution in [0.2, 0.25) is 0 Å². The van der Waals surface area contributed by atoms with Crippen LogP contribution in [0.4, 0.5) is 5.69 Å². The second kappa shape index (κ2) is 12.9. The van der Waals surface area contributed by atoms with Crippen molar-refractivity contribution in [3.63, 3.8) is 0 Å². The molecule has 0 bridgehead atoms. The molecule has 1 aliphatic carbocycles. The number of halogens is 1. The van der Waals surface area contributed by atoms with E-state index in [-0.39, 0.29) is 29.9 Å². The third kappa shape index (κ3) is 8.38. The number of rotatable bonds is 7. The van der Waals surface area contributed by atoms with Crippen LogP contribution in [0.3, 0.4) is 0 Å². The molecule has 0 radical (unpaired) electrons. The number of aliphatic imine (C=N–C) groups is 1. The molecule has 1 aliphatic rings. The van der Waals surface area contributed by atoms with Crippen molar-refractivity contribution >= 4 is 41.5 Å². The number of carbonyl (C=O) groups excluding carboxylic acids is 1. The first-order valence-electron chi connectivity index (χ1n) is 9.65. The van der Waals surface area contributed by atoms with E-state index in [9.17, 15) is 4.79 Å². The Labute approximate surface area is 174 Å². The molecule has 0 saturated heterocycles. The topological polar surface area (TPSA) is 65.5 Å². The number of nitrogens with one attached hydrogen (secondary N) is 3. The number of hydrogen-bond donors (Lipinski definition) is 3. The largest absolute Gasteiger partial charge is 0.357 e. The molecule has 0 spiro atoms. The minimum absolute atomic E-state index is 0. The van der Waals surface area contributed by atoms with E-state index in [0.717, 1.165) is 30.2 Å². The molecule has 2 rings (SSSR count). The van der Waals surface area contributed by atoms with Gasteiger partial charge in [-0.25, -0.2) is 4.99 Å². The van der Waals surface area contributed by atoms with Crippen LogP contribution in [0.5, 0.6) is 0 Å². The maximum absolute atomic E-state index is 11.7. The Bertz CT molecular complexity index is 571. The maximum atomic E-state index is 11.7. The molecule has 1 aromatic carbocycles. The minimum Gasteiger partial charge on any atom is -0.357 e. The van der Waals surface area contributed by atoms with Gasteiger partial charge in [0.25, 0.3) is 0 Å². The van der Waals surface area contributed by atoms with Gasteiger partial charge in [-0.1, -0.05) is 38.3 Å². The highest BCUT2D eigenvalue weighted by molar-refractivity contribution is 14.0. The van der Waals surface area contributed by atoms with E-state index in [4.69, 9.17) is 4.99 Å². The number of anilines is 1. The molecule has 6 heteroatoms. The van der Waals surface area contributed by atoms with Crippen LogP contribution in [0.15, 0.2) is 29.3 Å². The average molecular weight is 472 g/mol. The number of hydrogen-bond acceptors (Lipinski definition) is 2. The van der Waals surface area contributed by atoms with Crippen LogP contribution in [-0.4, -0.2) is 24.5 Å². The zero-order valence-corrected chi connectivity index (χ0v) is 18.3. The summed E-state index contributed by atoms with van der Waals surface area (Å²) in [6.45, 7) is 5.54. The molecule has 1 fully saturated rings. The van der Waals surface area contributed by atoms with Crippen molar-refractivity contribution in [2.45, 2.75) is 71.4 Å². The maximum Gasteiger partial charge on any atom is 0.224 e. The van der Waals surface area contributed by atoms with Crippen molar-refractivity contribution in [2.75, 3.05) is 11.9 Å². The van der Waals surface area contributed by atoms with Crippen LogP contribution in [-0.2, 0) is 11.3 Å². The van der Waals surface area contributed by atoms with Gasteiger partial charge in [0.15, 0.2) is 5.96 Å². The molecule has 1 aromatic rings. The number of benzene rings is 1. The Kier molecular flexibility index (Phi) is 11.3. The predicted octanol–water partition coefficient (Wildman–Crippen LogP) is 4.43. The Morgan fingerprint density at radius 1 is 1.19 bits per heavy atom. The van der Waals surface area contributed by atoms with Gasteiger partial charge in [-0.15, -0.1) is 24.0 Å². The molecular weight excluding hydrogens is 439 g/mol. The Balaban J connectivity index is 0.00000338. The molecular formula is C20H33IN4O.